The molecule has 1 aromatic rings. The lowest BCUT2D eigenvalue weighted by Gasteiger charge is -2.33. The third-order valence-electron chi connectivity index (χ3n) is 2.45. The fourth-order valence-electron chi connectivity index (χ4n) is 1.55. The second-order valence-corrected chi connectivity index (χ2v) is 4.71. The molecule has 2 rings (SSSR count). The molecule has 2 heterocycles. The monoisotopic (exact) mass is 278 g/mol. The van der Waals surface area contributed by atoms with Gasteiger partial charge in [-0.05, 0) is 11.2 Å². The first-order valence-electron chi connectivity index (χ1n) is 4.90. The Labute approximate surface area is 104 Å². The van der Waals surface area contributed by atoms with Gasteiger partial charge in [-0.15, -0.1) is 0 Å². The van der Waals surface area contributed by atoms with Gasteiger partial charge in [0.1, 0.15) is 0 Å². The third kappa shape index (κ3) is 2.91. The molecular formula is C8H14N4O5S. The average Bonchev–Trinajstić information content (AvgIpc) is 2.07. The van der Waals surface area contributed by atoms with E-state index in [1.807, 2.05) is 4.90 Å². The lowest BCUT2D eigenvalue weighted by atomic mass is 10.2. The molecule has 0 amide bonds. The first-order valence-corrected chi connectivity index (χ1v) is 6.27. The first kappa shape index (κ1) is 14.3. The van der Waals surface area contributed by atoms with Gasteiger partial charge in [-0.2, -0.15) is 8.42 Å². The Kier molecular flexibility index (Phi) is 3.84. The maximum absolute atomic E-state index is 10.6. The zero-order valence-corrected chi connectivity index (χ0v) is 10.2. The van der Waals surface area contributed by atoms with Crippen LogP contribution >= 0.6 is 0 Å². The summed E-state index contributed by atoms with van der Waals surface area (Å²) in [5, 5.41) is 0. The fraction of sp³-hybridized carbons (Fsp3) is 0.375. The van der Waals surface area contributed by atoms with Crippen LogP contribution in [0.25, 0.3) is 0 Å². The van der Waals surface area contributed by atoms with Gasteiger partial charge >= 0.3 is 10.4 Å². The van der Waals surface area contributed by atoms with Crippen LogP contribution in [0.1, 0.15) is 6.42 Å². The van der Waals surface area contributed by atoms with Gasteiger partial charge in [0, 0.05) is 25.2 Å². The van der Waals surface area contributed by atoms with Crippen LogP contribution in [0, 0.1) is 0 Å². The highest BCUT2D eigenvalue weighted by Crippen LogP contribution is 2.22. The third-order valence-corrected chi connectivity index (χ3v) is 2.79. The summed E-state index contributed by atoms with van der Waals surface area (Å²) < 4.78 is 34.6. The van der Waals surface area contributed by atoms with E-state index in [-0.39, 0.29) is 17.1 Å². The highest BCUT2D eigenvalue weighted by atomic mass is 32.3. The minimum Gasteiger partial charge on any atom is -0.870 e. The molecule has 0 bridgehead atoms. The maximum atomic E-state index is 10.6. The topological polar surface area (TPSA) is 153 Å². The van der Waals surface area contributed by atoms with Crippen LogP contribution in [0.3, 0.4) is 0 Å². The number of anilines is 3. The minimum absolute atomic E-state index is 0. The molecule has 9 nitrogen and oxygen atoms in total. The van der Waals surface area contributed by atoms with Crippen LogP contribution in [0.15, 0.2) is 12.1 Å². The lowest BCUT2D eigenvalue weighted by molar-refractivity contribution is -0.833. The van der Waals surface area contributed by atoms with E-state index < -0.39 is 10.4 Å². The Hall–Kier alpha value is -1.78. The van der Waals surface area contributed by atoms with E-state index in [1.54, 1.807) is 0 Å². The van der Waals surface area contributed by atoms with Crippen molar-refractivity contribution in [3.63, 3.8) is 0 Å². The van der Waals surface area contributed by atoms with Crippen molar-refractivity contribution in [1.82, 2.24) is 0 Å². The second-order valence-electron chi connectivity index (χ2n) is 3.70. The first-order chi connectivity index (χ1) is 7.87. The van der Waals surface area contributed by atoms with Crippen molar-refractivity contribution in [3.8, 4) is 0 Å². The van der Waals surface area contributed by atoms with Gasteiger partial charge in [0.25, 0.3) is 11.6 Å². The molecule has 6 N–H and O–H groups in total. The van der Waals surface area contributed by atoms with Crippen molar-refractivity contribution in [2.75, 3.05) is 29.5 Å². The molecule has 1 fully saturated rings. The molecule has 10 heteroatoms. The van der Waals surface area contributed by atoms with Gasteiger partial charge in [-0.3, -0.25) is 4.55 Å². The Morgan fingerprint density at radius 2 is 1.78 bits per heavy atom. The van der Waals surface area contributed by atoms with Crippen LogP contribution in [0.5, 0.6) is 0 Å². The molecule has 18 heavy (non-hydrogen) atoms. The molecule has 0 aliphatic carbocycles. The normalized spacial score (nSPS) is 14.6. The van der Waals surface area contributed by atoms with E-state index in [0.29, 0.717) is 4.73 Å². The molecule has 0 radical (unpaired) electrons. The van der Waals surface area contributed by atoms with Crippen LogP contribution in [0.2, 0.25) is 0 Å². The molecule has 1 aliphatic heterocycles. The minimum atomic E-state index is -4.66. The highest BCUT2D eigenvalue weighted by molar-refractivity contribution is 7.80. The molecule has 0 unspecified atom stereocenters. The van der Waals surface area contributed by atoms with Crippen LogP contribution in [0.4, 0.5) is 17.3 Å². The Morgan fingerprint density at radius 1 is 1.28 bits per heavy atom. The summed E-state index contributed by atoms with van der Waals surface area (Å²) in [7, 11) is -4.66. The van der Waals surface area contributed by atoms with Crippen molar-refractivity contribution >= 4 is 27.7 Å². The molecule has 0 saturated carbocycles. The number of nitrogens with zero attached hydrogens (tertiary/aromatic N) is 2. The van der Waals surface area contributed by atoms with Crippen molar-refractivity contribution < 1.29 is 27.5 Å². The second kappa shape index (κ2) is 4.84. The quantitative estimate of drug-likeness (QED) is 0.441. The summed E-state index contributed by atoms with van der Waals surface area (Å²) in [5.41, 5.74) is 12.0. The summed E-state index contributed by atoms with van der Waals surface area (Å²) in [5.74, 6) is -0.0194. The van der Waals surface area contributed by atoms with Crippen molar-refractivity contribution in [2.45, 2.75) is 6.42 Å². The number of hydrogen-bond donors (Lipinski definition) is 3. The van der Waals surface area contributed by atoms with Gasteiger partial charge in [-0.25, -0.2) is 4.28 Å². The standard InChI is InChI=1S/C8H12N4O4S.H2O/c9-7-4-6(11-2-1-3-11)5-8(10)12(7)16-17(13,14)15;/h4-5H,1-3H2,(H4,9,10,13,14,15);1H2. The van der Waals surface area contributed by atoms with E-state index in [2.05, 4.69) is 4.28 Å². The van der Waals surface area contributed by atoms with Crippen molar-refractivity contribution in [2.24, 2.45) is 0 Å². The van der Waals surface area contributed by atoms with Gasteiger partial charge in [-0.1, -0.05) is 0 Å². The lowest BCUT2D eigenvalue weighted by Crippen LogP contribution is -2.50. The number of pyridine rings is 1. The zero-order valence-electron chi connectivity index (χ0n) is 9.35. The predicted molar refractivity (Wildman–Crippen MR) is 62.4 cm³/mol. The average molecular weight is 278 g/mol. The Bertz CT molecular complexity index is 519. The Balaban J connectivity index is 0.00000162. The molecule has 1 aliphatic rings. The zero-order chi connectivity index (χ0) is 12.6. The van der Waals surface area contributed by atoms with E-state index in [0.717, 1.165) is 25.2 Å². The summed E-state index contributed by atoms with van der Waals surface area (Å²) in [6.45, 7) is 1.81. The van der Waals surface area contributed by atoms with Gasteiger partial charge < -0.3 is 21.8 Å². The summed E-state index contributed by atoms with van der Waals surface area (Å²) in [6.07, 6.45) is 1.09. The van der Waals surface area contributed by atoms with E-state index in [9.17, 15) is 8.42 Å². The van der Waals surface area contributed by atoms with Gasteiger partial charge in [0.05, 0.1) is 5.69 Å². The van der Waals surface area contributed by atoms with Crippen LogP contribution < -0.4 is 25.4 Å². The molecule has 0 atom stereocenters. The molecule has 102 valence electrons. The summed E-state index contributed by atoms with van der Waals surface area (Å²) in [4.78, 5) is 2.03. The maximum Gasteiger partial charge on any atom is 0.476 e. The number of rotatable bonds is 3. The summed E-state index contributed by atoms with van der Waals surface area (Å²) >= 11 is 0. The largest absolute Gasteiger partial charge is 0.870 e. The van der Waals surface area contributed by atoms with E-state index in [4.69, 9.17) is 16.0 Å². The van der Waals surface area contributed by atoms with Gasteiger partial charge in [0.15, 0.2) is 0 Å². The number of nitrogen functional groups attached to an aromatic ring is 2. The van der Waals surface area contributed by atoms with Crippen LogP contribution in [-0.2, 0) is 10.4 Å². The molecule has 1 aromatic heterocycles. The molecule has 1 saturated heterocycles. The number of aromatic nitrogens is 1. The predicted octanol–water partition coefficient (Wildman–Crippen LogP) is -1.60. The molecule has 0 spiro atoms. The SMILES string of the molecule is Nc1cc(N2CCC2)cc(N)[n+]1OS(=O)(=O)O.[OH-]. The van der Waals surface area contributed by atoms with E-state index in [1.165, 1.54) is 12.1 Å². The van der Waals surface area contributed by atoms with E-state index >= 15 is 0 Å². The summed E-state index contributed by atoms with van der Waals surface area (Å²) in [6, 6.07) is 3.06. The number of hydrogen-bond acceptors (Lipinski definition) is 7. The smallest absolute Gasteiger partial charge is 0.476 e. The van der Waals surface area contributed by atoms with Crippen molar-refractivity contribution in [3.05, 3.63) is 12.1 Å². The van der Waals surface area contributed by atoms with Crippen LogP contribution in [-0.4, -0.2) is 31.5 Å². The van der Waals surface area contributed by atoms with Gasteiger partial charge in [0.2, 0.25) is 0 Å². The van der Waals surface area contributed by atoms with Crippen molar-refractivity contribution in [1.29, 1.82) is 0 Å². The Morgan fingerprint density at radius 3 is 2.11 bits per heavy atom. The fourth-order valence-corrected chi connectivity index (χ4v) is 1.91. The molecular weight excluding hydrogens is 264 g/mol. The highest BCUT2D eigenvalue weighted by Gasteiger charge is 2.22. The number of nitrogens with two attached hydrogens (primary N) is 2. The molecule has 0 aromatic carbocycles.